The van der Waals surface area contributed by atoms with E-state index in [9.17, 15) is 9.18 Å². The first-order chi connectivity index (χ1) is 17.3. The number of carbonyl (C=O) groups is 1. The minimum atomic E-state index is -0.717. The molecule has 190 valence electrons. The zero-order chi connectivity index (χ0) is 25.6. The number of aromatic nitrogens is 1. The fourth-order valence-corrected chi connectivity index (χ4v) is 5.72. The van der Waals surface area contributed by atoms with Gasteiger partial charge in [-0.05, 0) is 57.5 Å². The van der Waals surface area contributed by atoms with Gasteiger partial charge in [0.25, 0.3) is 0 Å². The number of anilines is 1. The molecule has 0 bridgehead atoms. The van der Waals surface area contributed by atoms with Gasteiger partial charge in [0.1, 0.15) is 11.9 Å². The summed E-state index contributed by atoms with van der Waals surface area (Å²) in [4.78, 5) is 21.3. The highest BCUT2D eigenvalue weighted by Gasteiger charge is 2.32. The first-order valence-electron chi connectivity index (χ1n) is 11.9. The molecular weight excluding hydrogens is 506 g/mol. The van der Waals surface area contributed by atoms with E-state index >= 15 is 0 Å². The molecule has 2 aliphatic rings. The third kappa shape index (κ3) is 4.42. The van der Waals surface area contributed by atoms with Gasteiger partial charge >= 0.3 is 0 Å². The number of carbonyl (C=O) groups excluding carboxylic acids is 1. The van der Waals surface area contributed by atoms with Crippen LogP contribution in [-0.2, 0) is 4.79 Å². The monoisotopic (exact) mass is 532 g/mol. The van der Waals surface area contributed by atoms with Gasteiger partial charge in [-0.3, -0.25) is 9.69 Å². The molecule has 2 atom stereocenters. The molecule has 0 saturated carbocycles. The molecule has 7 nitrogen and oxygen atoms in total. The van der Waals surface area contributed by atoms with Crippen molar-refractivity contribution >= 4 is 51.5 Å². The van der Waals surface area contributed by atoms with E-state index in [1.165, 1.54) is 12.1 Å². The van der Waals surface area contributed by atoms with Crippen LogP contribution in [-0.4, -0.2) is 53.4 Å². The number of hydrogen-bond donors (Lipinski definition) is 1. The molecule has 0 radical (unpaired) electrons. The highest BCUT2D eigenvalue weighted by Crippen LogP contribution is 2.41. The molecule has 5 rings (SSSR count). The van der Waals surface area contributed by atoms with E-state index in [0.29, 0.717) is 30.7 Å². The Morgan fingerprint density at radius 2 is 2.14 bits per heavy atom. The van der Waals surface area contributed by atoms with E-state index in [0.717, 1.165) is 35.9 Å². The van der Waals surface area contributed by atoms with Crippen LogP contribution in [0.5, 0.6) is 5.75 Å². The largest absolute Gasteiger partial charge is 0.478 e. The third-order valence-electron chi connectivity index (χ3n) is 7.05. The van der Waals surface area contributed by atoms with Gasteiger partial charge < -0.3 is 19.8 Å². The predicted octanol–water partition coefficient (Wildman–Crippen LogP) is 5.71. The molecule has 4 heterocycles. The zero-order valence-corrected chi connectivity index (χ0v) is 21.6. The Morgan fingerprint density at radius 3 is 2.83 bits per heavy atom. The smallest absolute Gasteiger partial charge is 0.240 e. The lowest BCUT2D eigenvalue weighted by Gasteiger charge is -2.30. The highest BCUT2D eigenvalue weighted by atomic mass is 35.5. The van der Waals surface area contributed by atoms with Crippen LogP contribution in [0.15, 0.2) is 35.1 Å². The lowest BCUT2D eigenvalue weighted by Crippen LogP contribution is -2.45. The Bertz CT molecular complexity index is 1360. The summed E-state index contributed by atoms with van der Waals surface area (Å²) in [5.41, 5.74) is 8.82. The highest BCUT2D eigenvalue weighted by molar-refractivity contribution is 6.36. The summed E-state index contributed by atoms with van der Waals surface area (Å²) in [6.07, 6.45) is 7.31. The second-order valence-electron chi connectivity index (χ2n) is 9.28. The van der Waals surface area contributed by atoms with Crippen molar-refractivity contribution in [3.63, 3.8) is 0 Å². The number of likely N-dealkylation sites (tertiary alicyclic amines) is 1. The lowest BCUT2D eigenvalue weighted by molar-refractivity contribution is -0.135. The lowest BCUT2D eigenvalue weighted by atomic mass is 9.99. The molecule has 1 fully saturated rings. The summed E-state index contributed by atoms with van der Waals surface area (Å²) < 4.78 is 26.0. The summed E-state index contributed by atoms with van der Waals surface area (Å²) in [7, 11) is 2.01. The number of nitrogens with two attached hydrogens (primary N) is 1. The maximum Gasteiger partial charge on any atom is 0.240 e. The van der Waals surface area contributed by atoms with Gasteiger partial charge in [0, 0.05) is 35.4 Å². The predicted molar refractivity (Wildman–Crippen MR) is 139 cm³/mol. The summed E-state index contributed by atoms with van der Waals surface area (Å²) in [6, 6.07) is 2.61. The van der Waals surface area contributed by atoms with Gasteiger partial charge in [-0.15, -0.1) is 0 Å². The summed E-state index contributed by atoms with van der Waals surface area (Å²) in [5.74, 6) is -0.0299. The molecule has 1 saturated heterocycles. The minimum Gasteiger partial charge on any atom is -0.478 e. The summed E-state index contributed by atoms with van der Waals surface area (Å²) in [5, 5.41) is 0.913. The minimum absolute atomic E-state index is 0.0244. The standard InChI is InChI=1S/C26H27Cl2FN4O3/c1-14(21-18(27)5-6-19(29)22(21)28)36-24-23-16(12-31-25(24)30)17(13-35-23)15-7-10-33(11-8-15)26(34)20-4-3-9-32(20)2/h5-7,12-14,20H,3-4,8-11H2,1-2H3,(H2,30,31)/t14-,20?/m1/s1. The molecule has 0 aliphatic carbocycles. The Morgan fingerprint density at radius 1 is 1.33 bits per heavy atom. The number of benzene rings is 1. The van der Waals surface area contributed by atoms with E-state index in [4.69, 9.17) is 38.1 Å². The number of furan rings is 1. The van der Waals surface area contributed by atoms with Gasteiger partial charge in [0.05, 0.1) is 22.7 Å². The van der Waals surface area contributed by atoms with Crippen molar-refractivity contribution in [2.45, 2.75) is 38.3 Å². The zero-order valence-electron chi connectivity index (χ0n) is 20.1. The van der Waals surface area contributed by atoms with Crippen LogP contribution in [0.25, 0.3) is 16.5 Å². The second kappa shape index (κ2) is 9.92. The van der Waals surface area contributed by atoms with E-state index in [-0.39, 0.29) is 33.6 Å². The molecule has 1 unspecified atom stereocenters. The number of halogens is 3. The van der Waals surface area contributed by atoms with Crippen LogP contribution >= 0.6 is 23.2 Å². The first-order valence-corrected chi connectivity index (χ1v) is 12.7. The molecule has 3 aromatic rings. The number of pyridine rings is 1. The number of hydrogen-bond acceptors (Lipinski definition) is 6. The summed E-state index contributed by atoms with van der Waals surface area (Å²) in [6.45, 7) is 3.85. The van der Waals surface area contributed by atoms with E-state index in [1.54, 1.807) is 19.4 Å². The van der Waals surface area contributed by atoms with Gasteiger partial charge in [0.15, 0.2) is 11.4 Å². The quantitative estimate of drug-likeness (QED) is 0.424. The Labute approximate surface area is 218 Å². The van der Waals surface area contributed by atoms with Crippen LogP contribution in [0.2, 0.25) is 10.0 Å². The van der Waals surface area contributed by atoms with Crippen molar-refractivity contribution in [2.75, 3.05) is 32.4 Å². The molecule has 2 aromatic heterocycles. The number of ether oxygens (including phenoxy) is 1. The molecule has 0 spiro atoms. The average Bonchev–Trinajstić information content (AvgIpc) is 3.49. The van der Waals surface area contributed by atoms with Gasteiger partial charge in [-0.2, -0.15) is 0 Å². The average molecular weight is 533 g/mol. The number of fused-ring (bicyclic) bond motifs is 1. The van der Waals surface area contributed by atoms with Crippen molar-refractivity contribution in [3.05, 3.63) is 57.7 Å². The normalized spacial score (nSPS) is 19.5. The van der Waals surface area contributed by atoms with Crippen molar-refractivity contribution in [2.24, 2.45) is 0 Å². The maximum atomic E-state index is 14.0. The summed E-state index contributed by atoms with van der Waals surface area (Å²) >= 11 is 12.4. The van der Waals surface area contributed by atoms with E-state index in [2.05, 4.69) is 16.0 Å². The van der Waals surface area contributed by atoms with Crippen molar-refractivity contribution in [3.8, 4) is 5.75 Å². The molecular formula is C26H27Cl2FN4O3. The fraction of sp³-hybridized carbons (Fsp3) is 0.385. The molecule has 36 heavy (non-hydrogen) atoms. The van der Waals surface area contributed by atoms with Crippen LogP contribution < -0.4 is 10.5 Å². The Kier molecular flexibility index (Phi) is 6.85. The third-order valence-corrected chi connectivity index (χ3v) is 7.77. The van der Waals surface area contributed by atoms with Crippen molar-refractivity contribution in [1.29, 1.82) is 0 Å². The Hall–Kier alpha value is -2.81. The van der Waals surface area contributed by atoms with E-state index in [1.807, 2.05) is 11.9 Å². The number of rotatable bonds is 5. The molecule has 1 aromatic carbocycles. The molecule has 2 N–H and O–H groups in total. The fourth-order valence-electron chi connectivity index (χ4n) is 5.04. The topological polar surface area (TPSA) is 84.8 Å². The molecule has 2 aliphatic heterocycles. The van der Waals surface area contributed by atoms with Crippen LogP contribution in [0.3, 0.4) is 0 Å². The first kappa shape index (κ1) is 24.9. The molecule has 10 heteroatoms. The second-order valence-corrected chi connectivity index (χ2v) is 10.1. The van der Waals surface area contributed by atoms with Gasteiger partial charge in [-0.25, -0.2) is 9.37 Å². The van der Waals surface area contributed by atoms with Crippen LogP contribution in [0, 0.1) is 5.82 Å². The number of nitrogen functional groups attached to an aromatic ring is 1. The maximum absolute atomic E-state index is 14.0. The van der Waals surface area contributed by atoms with Crippen molar-refractivity contribution in [1.82, 2.24) is 14.8 Å². The van der Waals surface area contributed by atoms with Crippen molar-refractivity contribution < 1.29 is 18.3 Å². The van der Waals surface area contributed by atoms with Gasteiger partial charge in [0.2, 0.25) is 11.7 Å². The SMILES string of the molecule is C[C@@H](Oc1c(N)ncc2c(C3=CCN(C(=O)C4CCCN4C)CC3)coc12)c1c(Cl)ccc(F)c1Cl. The molecule has 1 amide bonds. The Balaban J connectivity index is 1.40. The van der Waals surface area contributed by atoms with Gasteiger partial charge in [-0.1, -0.05) is 29.3 Å². The number of likely N-dealkylation sites (N-methyl/N-ethyl adjacent to an activating group) is 1. The van der Waals surface area contributed by atoms with Crippen LogP contribution in [0.4, 0.5) is 10.2 Å². The van der Waals surface area contributed by atoms with E-state index < -0.39 is 11.9 Å². The number of nitrogens with zero attached hydrogens (tertiary/aromatic N) is 3. The number of amides is 1. The van der Waals surface area contributed by atoms with Crippen LogP contribution in [0.1, 0.15) is 43.4 Å².